The zero-order valence-corrected chi connectivity index (χ0v) is 16.7. The van der Waals surface area contributed by atoms with Crippen LogP contribution in [0.4, 0.5) is 22.9 Å². The van der Waals surface area contributed by atoms with Crippen molar-refractivity contribution in [2.24, 2.45) is 0 Å². The molecular formula is C21H21N5O4. The molecule has 1 amide bonds. The van der Waals surface area contributed by atoms with Gasteiger partial charge in [-0.1, -0.05) is 26.0 Å². The number of hydrogen-bond donors (Lipinski definition) is 2. The minimum Gasteiger partial charge on any atom is -0.434 e. The molecule has 1 heterocycles. The number of ether oxygens (including phenoxy) is 1. The second-order valence-electron chi connectivity index (χ2n) is 6.84. The Hall–Kier alpha value is -4.01. The standard InChI is InChI=1S/C21H21N5O4/c1-13(2)15-4-10-18(11-5-15)30-21-19(26(28)29)20(22-12-23-21)25-17-8-6-16(7-9-17)24-14(3)27/h4-13H,1-3H3,(H,24,27)(H,22,23,25). The van der Waals surface area contributed by atoms with Gasteiger partial charge in [-0.15, -0.1) is 0 Å². The van der Waals surface area contributed by atoms with Crippen LogP contribution in [0.5, 0.6) is 11.6 Å². The first-order valence-corrected chi connectivity index (χ1v) is 9.25. The predicted molar refractivity (Wildman–Crippen MR) is 113 cm³/mol. The number of benzene rings is 2. The Balaban J connectivity index is 1.85. The number of aromatic nitrogens is 2. The van der Waals surface area contributed by atoms with Crippen LogP contribution in [0.3, 0.4) is 0 Å². The molecule has 3 aromatic rings. The van der Waals surface area contributed by atoms with Gasteiger partial charge in [-0.05, 0) is 47.9 Å². The summed E-state index contributed by atoms with van der Waals surface area (Å²) in [5, 5.41) is 17.3. The van der Waals surface area contributed by atoms with Crippen LogP contribution >= 0.6 is 0 Å². The Morgan fingerprint density at radius 1 is 1.03 bits per heavy atom. The van der Waals surface area contributed by atoms with Crippen molar-refractivity contribution in [1.29, 1.82) is 0 Å². The molecule has 0 spiro atoms. The summed E-state index contributed by atoms with van der Waals surface area (Å²) in [6.07, 6.45) is 1.19. The highest BCUT2D eigenvalue weighted by Crippen LogP contribution is 2.35. The molecule has 2 aromatic carbocycles. The molecule has 154 valence electrons. The van der Waals surface area contributed by atoms with Crippen molar-refractivity contribution in [3.63, 3.8) is 0 Å². The number of hydrogen-bond acceptors (Lipinski definition) is 7. The van der Waals surface area contributed by atoms with Crippen LogP contribution in [-0.4, -0.2) is 20.8 Å². The number of nitrogens with zero attached hydrogens (tertiary/aromatic N) is 3. The topological polar surface area (TPSA) is 119 Å². The molecule has 0 aliphatic carbocycles. The second-order valence-corrected chi connectivity index (χ2v) is 6.84. The number of amides is 1. The average Bonchev–Trinajstić information content (AvgIpc) is 2.69. The molecule has 0 unspecified atom stereocenters. The third kappa shape index (κ3) is 5.07. The molecule has 1 aromatic heterocycles. The molecule has 0 saturated carbocycles. The van der Waals surface area contributed by atoms with Gasteiger partial charge in [-0.25, -0.2) is 4.98 Å². The van der Waals surface area contributed by atoms with Gasteiger partial charge in [0.15, 0.2) is 0 Å². The number of rotatable bonds is 7. The average molecular weight is 407 g/mol. The van der Waals surface area contributed by atoms with E-state index in [1.165, 1.54) is 13.3 Å². The number of carbonyl (C=O) groups is 1. The van der Waals surface area contributed by atoms with Crippen LogP contribution in [0.1, 0.15) is 32.3 Å². The third-order valence-electron chi connectivity index (χ3n) is 4.20. The Kier molecular flexibility index (Phi) is 6.21. The quantitative estimate of drug-likeness (QED) is 0.417. The van der Waals surface area contributed by atoms with E-state index in [2.05, 4.69) is 34.4 Å². The van der Waals surface area contributed by atoms with Crippen LogP contribution in [-0.2, 0) is 4.79 Å². The summed E-state index contributed by atoms with van der Waals surface area (Å²) >= 11 is 0. The molecule has 0 fully saturated rings. The summed E-state index contributed by atoms with van der Waals surface area (Å²) in [5.74, 6) is 0.443. The van der Waals surface area contributed by atoms with Crippen molar-refractivity contribution in [3.05, 3.63) is 70.5 Å². The zero-order chi connectivity index (χ0) is 21.7. The van der Waals surface area contributed by atoms with Crippen molar-refractivity contribution in [2.75, 3.05) is 10.6 Å². The van der Waals surface area contributed by atoms with Crippen LogP contribution < -0.4 is 15.4 Å². The van der Waals surface area contributed by atoms with Crippen molar-refractivity contribution in [2.45, 2.75) is 26.7 Å². The van der Waals surface area contributed by atoms with Crippen molar-refractivity contribution in [1.82, 2.24) is 9.97 Å². The molecular weight excluding hydrogens is 386 g/mol. The van der Waals surface area contributed by atoms with Crippen molar-refractivity contribution in [3.8, 4) is 11.6 Å². The van der Waals surface area contributed by atoms with Crippen molar-refractivity contribution >= 4 is 28.8 Å². The highest BCUT2D eigenvalue weighted by molar-refractivity contribution is 5.88. The van der Waals surface area contributed by atoms with E-state index in [9.17, 15) is 14.9 Å². The molecule has 2 N–H and O–H groups in total. The normalized spacial score (nSPS) is 10.5. The van der Waals surface area contributed by atoms with Gasteiger partial charge in [0.25, 0.3) is 0 Å². The predicted octanol–water partition coefficient (Wildman–Crippen LogP) is 5.00. The molecule has 0 radical (unpaired) electrons. The highest BCUT2D eigenvalue weighted by atomic mass is 16.6. The van der Waals surface area contributed by atoms with E-state index in [-0.39, 0.29) is 23.3 Å². The Labute approximate surface area is 173 Å². The number of anilines is 3. The van der Waals surface area contributed by atoms with E-state index in [4.69, 9.17) is 4.74 Å². The third-order valence-corrected chi connectivity index (χ3v) is 4.20. The van der Waals surface area contributed by atoms with Gasteiger partial charge in [0.05, 0.1) is 4.92 Å². The number of nitrogens with one attached hydrogen (secondary N) is 2. The Morgan fingerprint density at radius 2 is 1.67 bits per heavy atom. The Bertz CT molecular complexity index is 1050. The molecule has 0 bridgehead atoms. The minimum atomic E-state index is -0.591. The van der Waals surface area contributed by atoms with Gasteiger partial charge >= 0.3 is 11.6 Å². The lowest BCUT2D eigenvalue weighted by atomic mass is 10.0. The lowest BCUT2D eigenvalue weighted by molar-refractivity contribution is -0.385. The highest BCUT2D eigenvalue weighted by Gasteiger charge is 2.25. The largest absolute Gasteiger partial charge is 0.434 e. The van der Waals surface area contributed by atoms with Crippen LogP contribution in [0.15, 0.2) is 54.9 Å². The first-order valence-electron chi connectivity index (χ1n) is 9.25. The van der Waals surface area contributed by atoms with Crippen LogP contribution in [0.25, 0.3) is 0 Å². The second kappa shape index (κ2) is 8.99. The van der Waals surface area contributed by atoms with E-state index in [0.717, 1.165) is 5.56 Å². The van der Waals surface area contributed by atoms with Crippen molar-refractivity contribution < 1.29 is 14.5 Å². The molecule has 9 heteroatoms. The van der Waals surface area contributed by atoms with E-state index in [0.29, 0.717) is 23.0 Å². The van der Waals surface area contributed by atoms with Gasteiger partial charge in [0.2, 0.25) is 11.7 Å². The first-order chi connectivity index (χ1) is 14.3. The number of carbonyl (C=O) groups excluding carboxylic acids is 1. The summed E-state index contributed by atoms with van der Waals surface area (Å²) in [6, 6.07) is 14.0. The lowest BCUT2D eigenvalue weighted by Gasteiger charge is -2.11. The van der Waals surface area contributed by atoms with Gasteiger partial charge in [0, 0.05) is 18.3 Å². The molecule has 9 nitrogen and oxygen atoms in total. The molecule has 0 aliphatic rings. The van der Waals surface area contributed by atoms with Gasteiger partial charge in [0.1, 0.15) is 12.1 Å². The molecule has 0 aliphatic heterocycles. The van der Waals surface area contributed by atoms with E-state index >= 15 is 0 Å². The van der Waals surface area contributed by atoms with E-state index in [1.807, 2.05) is 12.1 Å². The summed E-state index contributed by atoms with van der Waals surface area (Å²) in [5.41, 5.74) is 1.92. The summed E-state index contributed by atoms with van der Waals surface area (Å²) in [7, 11) is 0. The fraction of sp³-hybridized carbons (Fsp3) is 0.190. The summed E-state index contributed by atoms with van der Waals surface area (Å²) < 4.78 is 5.67. The van der Waals surface area contributed by atoms with Crippen LogP contribution in [0, 0.1) is 10.1 Å². The zero-order valence-electron chi connectivity index (χ0n) is 16.7. The minimum absolute atomic E-state index is 0.00363. The maximum atomic E-state index is 11.7. The maximum Gasteiger partial charge on any atom is 0.373 e. The molecule has 3 rings (SSSR count). The molecule has 0 saturated heterocycles. The maximum absolute atomic E-state index is 11.7. The fourth-order valence-corrected chi connectivity index (χ4v) is 2.70. The van der Waals surface area contributed by atoms with Gasteiger partial charge in [-0.3, -0.25) is 14.9 Å². The van der Waals surface area contributed by atoms with E-state index in [1.54, 1.807) is 36.4 Å². The van der Waals surface area contributed by atoms with E-state index < -0.39 is 4.92 Å². The first kappa shape index (κ1) is 20.7. The lowest BCUT2D eigenvalue weighted by Crippen LogP contribution is -2.06. The summed E-state index contributed by atoms with van der Waals surface area (Å²) in [4.78, 5) is 30.2. The van der Waals surface area contributed by atoms with Gasteiger partial charge in [-0.2, -0.15) is 4.98 Å². The molecule has 30 heavy (non-hydrogen) atoms. The number of nitro groups is 1. The monoisotopic (exact) mass is 407 g/mol. The Morgan fingerprint density at radius 3 is 2.23 bits per heavy atom. The SMILES string of the molecule is CC(=O)Nc1ccc(Nc2ncnc(Oc3ccc(C(C)C)cc3)c2[N+](=O)[O-])cc1. The summed E-state index contributed by atoms with van der Waals surface area (Å²) in [6.45, 7) is 5.56. The van der Waals surface area contributed by atoms with Crippen LogP contribution in [0.2, 0.25) is 0 Å². The fourth-order valence-electron chi connectivity index (χ4n) is 2.70. The smallest absolute Gasteiger partial charge is 0.373 e. The van der Waals surface area contributed by atoms with Gasteiger partial charge < -0.3 is 15.4 Å². The molecule has 0 atom stereocenters.